The molecule has 1 aliphatic rings. The molecule has 1 aromatic heterocycles. The van der Waals surface area contributed by atoms with Gasteiger partial charge in [-0.1, -0.05) is 13.8 Å². The Balaban J connectivity index is 1.81. The molecule has 1 aromatic carbocycles. The maximum absolute atomic E-state index is 12.5. The van der Waals surface area contributed by atoms with E-state index in [-0.39, 0.29) is 23.3 Å². The first-order valence-electron chi connectivity index (χ1n) is 8.19. The molecule has 0 saturated heterocycles. The summed E-state index contributed by atoms with van der Waals surface area (Å²) in [5, 5.41) is 2.74. The Morgan fingerprint density at radius 3 is 2.44 bits per heavy atom. The molecular weight excluding hydrogens is 318 g/mol. The first-order valence-corrected chi connectivity index (χ1v) is 8.19. The van der Waals surface area contributed by atoms with Crippen molar-refractivity contribution in [3.8, 4) is 0 Å². The second kappa shape index (κ2) is 6.84. The van der Waals surface area contributed by atoms with Gasteiger partial charge in [0.1, 0.15) is 0 Å². The van der Waals surface area contributed by atoms with Crippen LogP contribution in [0.2, 0.25) is 0 Å². The largest absolute Gasteiger partial charge is 0.322 e. The summed E-state index contributed by atoms with van der Waals surface area (Å²) in [6.07, 6.45) is 3.90. The number of carbonyl (C=O) groups excluding carboxylic acids is 3. The van der Waals surface area contributed by atoms with Crippen molar-refractivity contribution in [2.75, 3.05) is 11.9 Å². The normalized spacial score (nSPS) is 13.3. The summed E-state index contributed by atoms with van der Waals surface area (Å²) in [5.41, 5.74) is 1.59. The average molecular weight is 337 g/mol. The fourth-order valence-corrected chi connectivity index (χ4v) is 2.66. The van der Waals surface area contributed by atoms with Gasteiger partial charge in [0.25, 0.3) is 17.7 Å². The molecule has 0 bridgehead atoms. The molecular formula is C19H19N3O3. The molecule has 3 rings (SSSR count). The van der Waals surface area contributed by atoms with E-state index >= 15 is 0 Å². The van der Waals surface area contributed by atoms with Crippen LogP contribution >= 0.6 is 0 Å². The van der Waals surface area contributed by atoms with Crippen molar-refractivity contribution in [3.63, 3.8) is 0 Å². The van der Waals surface area contributed by atoms with Crippen molar-refractivity contribution in [1.82, 2.24) is 9.88 Å². The van der Waals surface area contributed by atoms with E-state index in [0.29, 0.717) is 29.3 Å². The second-order valence-corrected chi connectivity index (χ2v) is 6.39. The minimum absolute atomic E-state index is 0.288. The maximum atomic E-state index is 12.5. The number of hydrogen-bond donors (Lipinski definition) is 1. The monoisotopic (exact) mass is 337 g/mol. The Morgan fingerprint density at radius 1 is 1.08 bits per heavy atom. The number of rotatable bonds is 5. The van der Waals surface area contributed by atoms with Gasteiger partial charge in [-0.25, -0.2) is 0 Å². The van der Waals surface area contributed by atoms with Gasteiger partial charge in [0.2, 0.25) is 0 Å². The third-order valence-corrected chi connectivity index (χ3v) is 4.10. The second-order valence-electron chi connectivity index (χ2n) is 6.39. The van der Waals surface area contributed by atoms with Crippen LogP contribution in [0.25, 0.3) is 0 Å². The Hall–Kier alpha value is -3.02. The van der Waals surface area contributed by atoms with E-state index in [1.807, 2.05) is 13.8 Å². The van der Waals surface area contributed by atoms with Gasteiger partial charge in [-0.05, 0) is 42.7 Å². The number of pyridine rings is 1. The number of hydrogen-bond acceptors (Lipinski definition) is 4. The van der Waals surface area contributed by atoms with Crippen molar-refractivity contribution in [2.24, 2.45) is 5.92 Å². The highest BCUT2D eigenvalue weighted by molar-refractivity contribution is 6.22. The highest BCUT2D eigenvalue weighted by Gasteiger charge is 2.35. The van der Waals surface area contributed by atoms with Gasteiger partial charge in [-0.15, -0.1) is 0 Å². The Labute approximate surface area is 145 Å². The van der Waals surface area contributed by atoms with Crippen molar-refractivity contribution < 1.29 is 14.4 Å². The first-order chi connectivity index (χ1) is 12.0. The van der Waals surface area contributed by atoms with Gasteiger partial charge in [-0.3, -0.25) is 24.3 Å². The number of imide groups is 1. The summed E-state index contributed by atoms with van der Waals surface area (Å²) < 4.78 is 0. The van der Waals surface area contributed by atoms with E-state index in [9.17, 15) is 14.4 Å². The van der Waals surface area contributed by atoms with Gasteiger partial charge in [-0.2, -0.15) is 0 Å². The third kappa shape index (κ3) is 3.42. The molecule has 0 aliphatic carbocycles. The third-order valence-electron chi connectivity index (χ3n) is 4.10. The van der Waals surface area contributed by atoms with Crippen LogP contribution < -0.4 is 5.32 Å². The molecule has 25 heavy (non-hydrogen) atoms. The van der Waals surface area contributed by atoms with Crippen molar-refractivity contribution in [2.45, 2.75) is 20.3 Å². The predicted molar refractivity (Wildman–Crippen MR) is 93.5 cm³/mol. The smallest absolute Gasteiger partial charge is 0.261 e. The highest BCUT2D eigenvalue weighted by atomic mass is 16.2. The van der Waals surface area contributed by atoms with Crippen LogP contribution in [-0.2, 0) is 0 Å². The summed E-state index contributed by atoms with van der Waals surface area (Å²) in [5.74, 6) is -0.568. The van der Waals surface area contributed by atoms with Crippen LogP contribution in [0, 0.1) is 5.92 Å². The fourth-order valence-electron chi connectivity index (χ4n) is 2.66. The van der Waals surface area contributed by atoms with Crippen LogP contribution in [0.15, 0.2) is 42.7 Å². The molecule has 3 amide bonds. The Bertz CT molecular complexity index is 831. The number of nitrogens with one attached hydrogen (secondary N) is 1. The Morgan fingerprint density at radius 2 is 1.76 bits per heavy atom. The molecule has 1 aliphatic heterocycles. The first kappa shape index (κ1) is 16.8. The zero-order chi connectivity index (χ0) is 18.0. The standard InChI is InChI=1S/C19H19N3O3/c1-12(2)7-10-22-18(24)15-4-3-13(11-16(15)19(22)25)17(23)21-14-5-8-20-9-6-14/h3-6,8-9,11-12H,7,10H2,1-2H3,(H,20,21,23). The van der Waals surface area contributed by atoms with Gasteiger partial charge in [0.15, 0.2) is 0 Å². The van der Waals surface area contributed by atoms with Gasteiger partial charge < -0.3 is 5.32 Å². The number of fused-ring (bicyclic) bond motifs is 1. The lowest BCUT2D eigenvalue weighted by Gasteiger charge is -2.14. The number of anilines is 1. The molecule has 6 nitrogen and oxygen atoms in total. The van der Waals surface area contributed by atoms with Crippen LogP contribution in [0.4, 0.5) is 5.69 Å². The number of carbonyl (C=O) groups is 3. The minimum atomic E-state index is -0.338. The summed E-state index contributed by atoms with van der Waals surface area (Å²) in [6.45, 7) is 4.47. The van der Waals surface area contributed by atoms with Crippen molar-refractivity contribution in [3.05, 3.63) is 59.4 Å². The Kier molecular flexibility index (Phi) is 4.61. The zero-order valence-corrected chi connectivity index (χ0v) is 14.2. The molecule has 0 radical (unpaired) electrons. The summed E-state index contributed by atoms with van der Waals surface area (Å²) >= 11 is 0. The summed E-state index contributed by atoms with van der Waals surface area (Å²) in [6, 6.07) is 7.95. The van der Waals surface area contributed by atoms with E-state index < -0.39 is 0 Å². The quantitative estimate of drug-likeness (QED) is 0.851. The lowest BCUT2D eigenvalue weighted by molar-refractivity contribution is 0.0647. The molecule has 128 valence electrons. The fraction of sp³-hybridized carbons (Fsp3) is 0.263. The zero-order valence-electron chi connectivity index (χ0n) is 14.2. The van der Waals surface area contributed by atoms with Crippen molar-refractivity contribution >= 4 is 23.4 Å². The number of amides is 3. The molecule has 2 aromatic rings. The molecule has 1 N–H and O–H groups in total. The molecule has 2 heterocycles. The van der Waals surface area contributed by atoms with Crippen LogP contribution in [-0.4, -0.2) is 34.2 Å². The molecule has 0 fully saturated rings. The number of aromatic nitrogens is 1. The van der Waals surface area contributed by atoms with E-state index in [1.54, 1.807) is 36.7 Å². The molecule has 0 unspecified atom stereocenters. The summed E-state index contributed by atoms with van der Waals surface area (Å²) in [7, 11) is 0. The lowest BCUT2D eigenvalue weighted by atomic mass is 10.1. The summed E-state index contributed by atoms with van der Waals surface area (Å²) in [4.78, 5) is 42.4. The van der Waals surface area contributed by atoms with E-state index in [0.717, 1.165) is 6.42 Å². The van der Waals surface area contributed by atoms with Gasteiger partial charge >= 0.3 is 0 Å². The molecule has 0 saturated carbocycles. The molecule has 6 heteroatoms. The van der Waals surface area contributed by atoms with Crippen LogP contribution in [0.3, 0.4) is 0 Å². The van der Waals surface area contributed by atoms with E-state index in [4.69, 9.17) is 0 Å². The lowest BCUT2D eigenvalue weighted by Crippen LogP contribution is -2.31. The predicted octanol–water partition coefficient (Wildman–Crippen LogP) is 2.98. The highest BCUT2D eigenvalue weighted by Crippen LogP contribution is 2.25. The van der Waals surface area contributed by atoms with E-state index in [2.05, 4.69) is 10.3 Å². The average Bonchev–Trinajstić information content (AvgIpc) is 2.84. The number of nitrogens with zero attached hydrogens (tertiary/aromatic N) is 2. The number of benzene rings is 1. The maximum Gasteiger partial charge on any atom is 0.261 e. The molecule has 0 atom stereocenters. The minimum Gasteiger partial charge on any atom is -0.322 e. The van der Waals surface area contributed by atoms with Crippen LogP contribution in [0.5, 0.6) is 0 Å². The topological polar surface area (TPSA) is 79.4 Å². The van der Waals surface area contributed by atoms with Gasteiger partial charge in [0, 0.05) is 30.2 Å². The SMILES string of the molecule is CC(C)CCN1C(=O)c2ccc(C(=O)Nc3ccncc3)cc2C1=O. The van der Waals surface area contributed by atoms with Crippen LogP contribution in [0.1, 0.15) is 51.3 Å². The van der Waals surface area contributed by atoms with E-state index in [1.165, 1.54) is 11.0 Å². The van der Waals surface area contributed by atoms with Gasteiger partial charge in [0.05, 0.1) is 11.1 Å². The molecule has 0 spiro atoms. The van der Waals surface area contributed by atoms with Crippen molar-refractivity contribution in [1.29, 1.82) is 0 Å².